The van der Waals surface area contributed by atoms with E-state index in [0.717, 1.165) is 16.8 Å². The van der Waals surface area contributed by atoms with E-state index in [9.17, 15) is 9.59 Å². The van der Waals surface area contributed by atoms with Crippen molar-refractivity contribution in [3.05, 3.63) is 42.4 Å². The fourth-order valence-corrected chi connectivity index (χ4v) is 5.00. The minimum atomic E-state index is -0.529. The largest absolute Gasteiger partial charge is 0.492 e. The second-order valence-electron chi connectivity index (χ2n) is 10.4. The number of piperazine rings is 1. The smallest absolute Gasteiger partial charge is 0.410 e. The lowest BCUT2D eigenvalue weighted by atomic mass is 10.1. The number of pyridine rings is 2. The van der Waals surface area contributed by atoms with E-state index in [1.54, 1.807) is 46.1 Å². The Morgan fingerprint density at radius 1 is 1.11 bits per heavy atom. The Kier molecular flexibility index (Phi) is 6.30. The fourth-order valence-electron chi connectivity index (χ4n) is 5.00. The van der Waals surface area contributed by atoms with Gasteiger partial charge in [-0.15, -0.1) is 0 Å². The Morgan fingerprint density at radius 2 is 1.92 bits per heavy atom. The molecule has 0 saturated carbocycles. The maximum absolute atomic E-state index is 13.3. The zero-order valence-electron chi connectivity index (χ0n) is 21.9. The molecule has 3 aromatic heterocycles. The quantitative estimate of drug-likeness (QED) is 0.575. The minimum absolute atomic E-state index is 0.0147. The molecule has 2 aliphatic rings. The van der Waals surface area contributed by atoms with Gasteiger partial charge in [0, 0.05) is 55.9 Å². The standard InChI is InChI=1S/C26H33N7O4/c1-17-16-30(14-15-31(17)25(35)37-26(2,3)4)20-6-10-27-23-18(20)8-12-32(23)24(34)29-19-9-13-33-21(7-11-28-33)22(19)36-5/h6-7,9-11,13,17H,8,12,14-16H2,1-5H3,(H,29,34)/t17-/m1/s1. The van der Waals surface area contributed by atoms with E-state index in [0.29, 0.717) is 49.9 Å². The molecule has 0 unspecified atom stereocenters. The molecule has 0 bridgehead atoms. The SMILES string of the molecule is COc1c(NC(=O)N2CCc3c(N4CCN(C(=O)OC(C)(C)C)[C@H](C)C4)ccnc32)ccn2nccc12. The van der Waals surface area contributed by atoms with E-state index >= 15 is 0 Å². The van der Waals surface area contributed by atoms with Crippen LogP contribution in [0.15, 0.2) is 36.8 Å². The van der Waals surface area contributed by atoms with Crippen molar-refractivity contribution in [2.75, 3.05) is 48.4 Å². The normalized spacial score (nSPS) is 17.6. The lowest BCUT2D eigenvalue weighted by molar-refractivity contribution is 0.0159. The van der Waals surface area contributed by atoms with Crippen molar-refractivity contribution in [3.8, 4) is 5.75 Å². The van der Waals surface area contributed by atoms with E-state index in [1.807, 2.05) is 39.8 Å². The average Bonchev–Trinajstić information content (AvgIpc) is 3.49. The maximum atomic E-state index is 13.3. The topological polar surface area (TPSA) is 105 Å². The molecule has 1 fully saturated rings. The molecule has 5 rings (SSSR count). The van der Waals surface area contributed by atoms with Gasteiger partial charge in [0.25, 0.3) is 0 Å². The van der Waals surface area contributed by atoms with Crippen LogP contribution < -0.4 is 19.9 Å². The highest BCUT2D eigenvalue weighted by molar-refractivity contribution is 6.04. The Balaban J connectivity index is 1.32. The van der Waals surface area contributed by atoms with E-state index in [-0.39, 0.29) is 18.2 Å². The van der Waals surface area contributed by atoms with E-state index in [2.05, 4.69) is 20.3 Å². The van der Waals surface area contributed by atoms with Crippen LogP contribution in [-0.2, 0) is 11.2 Å². The maximum Gasteiger partial charge on any atom is 0.410 e. The molecule has 37 heavy (non-hydrogen) atoms. The number of nitrogens with zero attached hydrogens (tertiary/aromatic N) is 6. The van der Waals surface area contributed by atoms with Crippen LogP contribution in [0.2, 0.25) is 0 Å². The molecule has 1 atom stereocenters. The molecule has 0 aromatic carbocycles. The van der Waals surface area contributed by atoms with E-state index in [1.165, 1.54) is 0 Å². The average molecular weight is 508 g/mol. The summed E-state index contributed by atoms with van der Waals surface area (Å²) in [6.07, 6.45) is 5.61. The van der Waals surface area contributed by atoms with Gasteiger partial charge in [-0.05, 0) is 52.3 Å². The number of aromatic nitrogens is 3. The van der Waals surface area contributed by atoms with Crippen LogP contribution in [0.5, 0.6) is 5.75 Å². The number of hydrogen-bond acceptors (Lipinski definition) is 7. The predicted molar refractivity (Wildman–Crippen MR) is 141 cm³/mol. The van der Waals surface area contributed by atoms with Crippen molar-refractivity contribution in [3.63, 3.8) is 0 Å². The molecule has 1 saturated heterocycles. The van der Waals surface area contributed by atoms with E-state index < -0.39 is 5.60 Å². The first-order chi connectivity index (χ1) is 17.7. The van der Waals surface area contributed by atoms with Gasteiger partial charge in [-0.3, -0.25) is 4.90 Å². The Bertz CT molecular complexity index is 1330. The zero-order chi connectivity index (χ0) is 26.3. The van der Waals surface area contributed by atoms with Crippen molar-refractivity contribution in [1.29, 1.82) is 0 Å². The Morgan fingerprint density at radius 3 is 2.65 bits per heavy atom. The molecule has 3 amide bonds. The van der Waals surface area contributed by atoms with Crippen LogP contribution >= 0.6 is 0 Å². The molecule has 5 heterocycles. The van der Waals surface area contributed by atoms with Crippen LogP contribution in [0.4, 0.5) is 26.8 Å². The lowest BCUT2D eigenvalue weighted by Gasteiger charge is -2.41. The highest BCUT2D eigenvalue weighted by Gasteiger charge is 2.34. The second kappa shape index (κ2) is 9.45. The van der Waals surface area contributed by atoms with Gasteiger partial charge in [0.15, 0.2) is 5.75 Å². The molecule has 11 nitrogen and oxygen atoms in total. The number of rotatable bonds is 3. The van der Waals surface area contributed by atoms with Crippen molar-refractivity contribution in [2.24, 2.45) is 0 Å². The van der Waals surface area contributed by atoms with Gasteiger partial charge < -0.3 is 24.6 Å². The molecular formula is C26H33N7O4. The summed E-state index contributed by atoms with van der Waals surface area (Å²) < 4.78 is 12.8. The molecule has 3 aromatic rings. The summed E-state index contributed by atoms with van der Waals surface area (Å²) in [5.41, 5.74) is 2.89. The summed E-state index contributed by atoms with van der Waals surface area (Å²) in [6, 6.07) is 5.31. The van der Waals surface area contributed by atoms with Gasteiger partial charge in [0.1, 0.15) is 16.9 Å². The monoisotopic (exact) mass is 507 g/mol. The van der Waals surface area contributed by atoms with Gasteiger partial charge >= 0.3 is 12.1 Å². The summed E-state index contributed by atoms with van der Waals surface area (Å²) in [7, 11) is 1.57. The number of amides is 3. The molecule has 196 valence electrons. The lowest BCUT2D eigenvalue weighted by Crippen LogP contribution is -2.55. The summed E-state index contributed by atoms with van der Waals surface area (Å²) in [5, 5.41) is 7.19. The molecule has 0 radical (unpaired) electrons. The first kappa shape index (κ1) is 24.7. The van der Waals surface area contributed by atoms with Crippen molar-refractivity contribution in [2.45, 2.75) is 45.8 Å². The number of hydrogen-bond donors (Lipinski definition) is 1. The first-order valence-corrected chi connectivity index (χ1v) is 12.5. The molecule has 2 aliphatic heterocycles. The van der Waals surface area contributed by atoms with Gasteiger partial charge in [-0.25, -0.2) is 19.1 Å². The molecule has 11 heteroatoms. The summed E-state index contributed by atoms with van der Waals surface area (Å²) >= 11 is 0. The number of methoxy groups -OCH3 is 1. The highest BCUT2D eigenvalue weighted by atomic mass is 16.6. The fraction of sp³-hybridized carbons (Fsp3) is 0.462. The van der Waals surface area contributed by atoms with Crippen molar-refractivity contribution in [1.82, 2.24) is 19.5 Å². The minimum Gasteiger partial charge on any atom is -0.492 e. The summed E-state index contributed by atoms with van der Waals surface area (Å²) in [6.45, 7) is 10.1. The van der Waals surface area contributed by atoms with Crippen molar-refractivity contribution >= 4 is 34.8 Å². The van der Waals surface area contributed by atoms with Crippen LogP contribution in [0.25, 0.3) is 5.52 Å². The Labute approximate surface area is 215 Å². The number of nitrogens with one attached hydrogen (secondary N) is 1. The van der Waals surface area contributed by atoms with Gasteiger partial charge in [0.2, 0.25) is 0 Å². The summed E-state index contributed by atoms with van der Waals surface area (Å²) in [4.78, 5) is 36.2. The number of anilines is 3. The molecule has 0 aliphatic carbocycles. The summed E-state index contributed by atoms with van der Waals surface area (Å²) in [5.74, 6) is 1.20. The third-order valence-electron chi connectivity index (χ3n) is 6.67. The first-order valence-electron chi connectivity index (χ1n) is 12.5. The number of urea groups is 1. The molecule has 0 spiro atoms. The Hall–Kier alpha value is -4.02. The van der Waals surface area contributed by atoms with Crippen LogP contribution in [0, 0.1) is 0 Å². The van der Waals surface area contributed by atoms with Crippen LogP contribution in [-0.4, -0.2) is 76.6 Å². The molecular weight excluding hydrogens is 474 g/mol. The van der Waals surface area contributed by atoms with Gasteiger partial charge in [0.05, 0.1) is 19.0 Å². The number of ether oxygens (including phenoxy) is 2. The third-order valence-corrected chi connectivity index (χ3v) is 6.67. The molecule has 1 N–H and O–H groups in total. The van der Waals surface area contributed by atoms with Gasteiger partial charge in [-0.1, -0.05) is 0 Å². The van der Waals surface area contributed by atoms with Gasteiger partial charge in [-0.2, -0.15) is 5.10 Å². The zero-order valence-corrected chi connectivity index (χ0v) is 21.9. The van der Waals surface area contributed by atoms with Crippen molar-refractivity contribution < 1.29 is 19.1 Å². The second-order valence-corrected chi connectivity index (χ2v) is 10.4. The number of carbonyl (C=O) groups excluding carboxylic acids is 2. The van der Waals surface area contributed by atoms with E-state index in [4.69, 9.17) is 9.47 Å². The van der Waals surface area contributed by atoms with Crippen LogP contribution in [0.1, 0.15) is 33.3 Å². The highest BCUT2D eigenvalue weighted by Crippen LogP contribution is 2.36. The number of fused-ring (bicyclic) bond motifs is 2. The van der Waals surface area contributed by atoms with Crippen LogP contribution in [0.3, 0.4) is 0 Å². The predicted octanol–water partition coefficient (Wildman–Crippen LogP) is 3.78. The number of carbonyl (C=O) groups is 2. The third kappa shape index (κ3) is 4.73.